The second kappa shape index (κ2) is 58.3. The quantitative estimate of drug-likeness (QED) is 0.0197. The maximum atomic E-state index is 12.9. The monoisotopic (exact) mass is 1090 g/mol. The number of phosphoric ester groups is 1. The van der Waals surface area contributed by atoms with Gasteiger partial charge >= 0.3 is 25.7 Å². The number of aliphatic hydroxyl groups is 1. The lowest BCUT2D eigenvalue weighted by atomic mass is 10.0. The molecule has 442 valence electrons. The molecule has 0 aliphatic rings. The highest BCUT2D eigenvalue weighted by Crippen LogP contribution is 2.43. The molecule has 11 nitrogen and oxygen atoms in total. The molecule has 0 aliphatic heterocycles. The molecule has 2 N–H and O–H groups in total. The number of unbranched alkanes of at least 4 members (excludes halogenated alkanes) is 31. The third-order valence-corrected chi connectivity index (χ3v) is 14.4. The summed E-state index contributed by atoms with van der Waals surface area (Å²) in [7, 11) is -4.76. The van der Waals surface area contributed by atoms with Gasteiger partial charge < -0.3 is 24.2 Å². The summed E-state index contributed by atoms with van der Waals surface area (Å²) in [4.78, 5) is 48.6. The largest absolute Gasteiger partial charge is 0.472 e. The summed E-state index contributed by atoms with van der Waals surface area (Å²) in [6.45, 7) is 4.52. The normalized spacial score (nSPS) is 13.7. The minimum atomic E-state index is -4.76. The topological polar surface area (TPSA) is 155 Å². The Morgan fingerprint density at radius 2 is 0.684 bits per heavy atom. The molecule has 0 saturated heterocycles. The minimum absolute atomic E-state index is 0.157. The molecule has 12 heteroatoms. The van der Waals surface area contributed by atoms with E-state index >= 15 is 0 Å². The molecule has 0 radical (unpaired) electrons. The van der Waals surface area contributed by atoms with Crippen LogP contribution in [0.3, 0.4) is 0 Å². The number of hydrogen-bond donors (Lipinski definition) is 2. The number of carbonyl (C=O) groups excluding carboxylic acids is 3. The molecule has 0 saturated carbocycles. The number of esters is 3. The Kier molecular flexibility index (Phi) is 56.2. The van der Waals surface area contributed by atoms with Gasteiger partial charge in [0, 0.05) is 19.3 Å². The Bertz CT molecular complexity index is 1510. The zero-order chi connectivity index (χ0) is 55.5. The molecular weight excluding hydrogens is 976 g/mol. The Labute approximate surface area is 465 Å². The van der Waals surface area contributed by atoms with Crippen LogP contribution in [-0.4, -0.2) is 66.5 Å². The first-order valence-corrected chi connectivity index (χ1v) is 32.7. The van der Waals surface area contributed by atoms with Gasteiger partial charge in [0.25, 0.3) is 0 Å². The van der Waals surface area contributed by atoms with Gasteiger partial charge in [-0.2, -0.15) is 0 Å². The van der Waals surface area contributed by atoms with Gasteiger partial charge in [-0.1, -0.05) is 248 Å². The van der Waals surface area contributed by atoms with Gasteiger partial charge in [-0.15, -0.1) is 0 Å². The van der Waals surface area contributed by atoms with Crippen molar-refractivity contribution in [3.8, 4) is 0 Å². The van der Waals surface area contributed by atoms with Crippen molar-refractivity contribution >= 4 is 25.7 Å². The van der Waals surface area contributed by atoms with Crippen molar-refractivity contribution in [2.45, 2.75) is 303 Å². The van der Waals surface area contributed by atoms with Crippen LogP contribution < -0.4 is 0 Å². The number of rotatable bonds is 58. The fraction of sp³-hybridized carbons (Fsp3) is 0.797. The van der Waals surface area contributed by atoms with E-state index in [4.69, 9.17) is 23.3 Å². The Balaban J connectivity index is 4.67. The van der Waals surface area contributed by atoms with E-state index in [1.54, 1.807) is 0 Å². The second-order valence-corrected chi connectivity index (χ2v) is 22.3. The van der Waals surface area contributed by atoms with E-state index in [1.807, 2.05) is 0 Å². The highest BCUT2D eigenvalue weighted by molar-refractivity contribution is 7.47. The minimum Gasteiger partial charge on any atom is -0.462 e. The molecule has 3 unspecified atom stereocenters. The molecule has 0 rings (SSSR count). The average Bonchev–Trinajstić information content (AvgIpc) is 3.41. The van der Waals surface area contributed by atoms with Crippen LogP contribution in [0.1, 0.15) is 290 Å². The number of hydrogen-bond acceptors (Lipinski definition) is 10. The number of allylic oxidation sites excluding steroid dienone is 10. The maximum absolute atomic E-state index is 12.9. The highest BCUT2D eigenvalue weighted by Gasteiger charge is 2.28. The van der Waals surface area contributed by atoms with E-state index < -0.39 is 57.8 Å². The molecule has 0 amide bonds. The summed E-state index contributed by atoms with van der Waals surface area (Å²) < 4.78 is 39.6. The second-order valence-electron chi connectivity index (χ2n) is 20.8. The third kappa shape index (κ3) is 55.9. The van der Waals surface area contributed by atoms with Gasteiger partial charge in [0.15, 0.2) is 6.10 Å². The summed E-state index contributed by atoms with van der Waals surface area (Å²) in [6, 6.07) is 0. The Morgan fingerprint density at radius 1 is 0.382 bits per heavy atom. The van der Waals surface area contributed by atoms with Crippen molar-refractivity contribution in [1.82, 2.24) is 0 Å². The van der Waals surface area contributed by atoms with Crippen LogP contribution in [0.4, 0.5) is 0 Å². The molecule has 0 aromatic carbocycles. The fourth-order valence-corrected chi connectivity index (χ4v) is 9.48. The number of phosphoric acid groups is 1. The van der Waals surface area contributed by atoms with Crippen molar-refractivity contribution in [3.63, 3.8) is 0 Å². The molecule has 0 aliphatic carbocycles. The third-order valence-electron chi connectivity index (χ3n) is 13.4. The van der Waals surface area contributed by atoms with Crippen LogP contribution in [0.25, 0.3) is 0 Å². The van der Waals surface area contributed by atoms with Gasteiger partial charge in [0.05, 0.1) is 19.8 Å². The predicted molar refractivity (Wildman–Crippen MR) is 316 cm³/mol. The zero-order valence-electron chi connectivity index (χ0n) is 49.0. The number of carbonyl (C=O) groups is 3. The number of aliphatic hydroxyl groups excluding tert-OH is 1. The maximum Gasteiger partial charge on any atom is 0.472 e. The van der Waals surface area contributed by atoms with Crippen molar-refractivity contribution in [2.75, 3.05) is 26.4 Å². The van der Waals surface area contributed by atoms with E-state index in [1.165, 1.54) is 141 Å². The molecule has 0 aromatic heterocycles. The van der Waals surface area contributed by atoms with Gasteiger partial charge in [0.1, 0.15) is 12.7 Å². The first-order valence-electron chi connectivity index (χ1n) is 31.2. The van der Waals surface area contributed by atoms with Crippen molar-refractivity contribution in [1.29, 1.82) is 0 Å². The van der Waals surface area contributed by atoms with Crippen LogP contribution in [0.15, 0.2) is 60.8 Å². The highest BCUT2D eigenvalue weighted by atomic mass is 31.2. The van der Waals surface area contributed by atoms with E-state index in [2.05, 4.69) is 81.5 Å². The molecule has 0 spiro atoms. The first-order chi connectivity index (χ1) is 37.2. The van der Waals surface area contributed by atoms with Crippen LogP contribution >= 0.6 is 7.82 Å². The SMILES string of the molecule is CC/C=C\C/C=C\C/C=C\CCCCCC(=O)OCC(COP(=O)(O)OCC(CO)OC(=O)CCCCCCCCCCCCCCCCCCC)OC(=O)CCCCCCCCCCC/C=C\C/C=C\CCCCC. The molecule has 0 bridgehead atoms. The molecule has 3 atom stereocenters. The van der Waals surface area contributed by atoms with E-state index in [-0.39, 0.29) is 25.9 Å². The fourth-order valence-electron chi connectivity index (χ4n) is 8.70. The predicted octanol–water partition coefficient (Wildman–Crippen LogP) is 18.7. The molecule has 0 aromatic rings. The Morgan fingerprint density at radius 3 is 1.09 bits per heavy atom. The molecule has 0 heterocycles. The van der Waals surface area contributed by atoms with Gasteiger partial charge in [-0.05, 0) is 83.5 Å². The van der Waals surface area contributed by atoms with Crippen LogP contribution in [0.5, 0.6) is 0 Å². The summed E-state index contributed by atoms with van der Waals surface area (Å²) in [5, 5.41) is 9.84. The lowest BCUT2D eigenvalue weighted by Crippen LogP contribution is -2.30. The summed E-state index contributed by atoms with van der Waals surface area (Å²) in [5.41, 5.74) is 0. The molecule has 76 heavy (non-hydrogen) atoms. The first kappa shape index (κ1) is 73.2. The van der Waals surface area contributed by atoms with Crippen molar-refractivity contribution in [3.05, 3.63) is 60.8 Å². The van der Waals surface area contributed by atoms with Crippen LogP contribution in [0.2, 0.25) is 0 Å². The van der Waals surface area contributed by atoms with Crippen LogP contribution in [0, 0.1) is 0 Å². The van der Waals surface area contributed by atoms with E-state index in [0.717, 1.165) is 89.9 Å². The average molecular weight is 1090 g/mol. The molecule has 0 fully saturated rings. The van der Waals surface area contributed by atoms with Gasteiger partial charge in [-0.3, -0.25) is 23.4 Å². The van der Waals surface area contributed by atoms with Gasteiger partial charge in [0.2, 0.25) is 0 Å². The van der Waals surface area contributed by atoms with E-state index in [0.29, 0.717) is 19.3 Å². The number of ether oxygens (including phenoxy) is 3. The lowest BCUT2D eigenvalue weighted by Gasteiger charge is -2.21. The lowest BCUT2D eigenvalue weighted by molar-refractivity contribution is -0.161. The van der Waals surface area contributed by atoms with Crippen LogP contribution in [-0.2, 0) is 42.2 Å². The van der Waals surface area contributed by atoms with E-state index in [9.17, 15) is 28.9 Å². The van der Waals surface area contributed by atoms with Gasteiger partial charge in [-0.25, -0.2) is 4.57 Å². The molecular formula is C64H115O11P. The smallest absolute Gasteiger partial charge is 0.462 e. The zero-order valence-corrected chi connectivity index (χ0v) is 49.9. The standard InChI is InChI=1S/C64H115O11P/c1-4-7-10-13-16-19-22-25-27-29-30-32-34-37-40-43-46-49-52-55-64(68)75-61(57-71-62(66)53-50-47-44-41-38-35-24-21-18-15-12-9-6-3)59-73-76(69,70)72-58-60(56-65)74-63(67)54-51-48-45-42-39-36-33-31-28-26-23-20-17-14-11-8-5-2/h9,12,16,18-19,21,25,27,35,38,60-61,65H,4-8,10-11,13-15,17,20,22-24,26,28-34,36-37,39-59H2,1-3H3,(H,69,70)/b12-9-,19-16-,21-18-,27-25-,38-35-. The summed E-state index contributed by atoms with van der Waals surface area (Å²) in [6.07, 6.45) is 64.6. The summed E-state index contributed by atoms with van der Waals surface area (Å²) in [5.74, 6) is -1.49. The summed E-state index contributed by atoms with van der Waals surface area (Å²) >= 11 is 0. The Hall–Kier alpha value is -2.82. The van der Waals surface area contributed by atoms with Crippen molar-refractivity contribution < 1.29 is 52.2 Å². The van der Waals surface area contributed by atoms with Crippen molar-refractivity contribution in [2.24, 2.45) is 0 Å².